The summed E-state index contributed by atoms with van der Waals surface area (Å²) in [6.45, 7) is 5.86. The second-order valence-electron chi connectivity index (χ2n) is 8.03. The lowest BCUT2D eigenvalue weighted by molar-refractivity contribution is -0.167. The van der Waals surface area contributed by atoms with Gasteiger partial charge < -0.3 is 14.9 Å². The summed E-state index contributed by atoms with van der Waals surface area (Å²) in [6, 6.07) is 0. The highest BCUT2D eigenvalue weighted by Crippen LogP contribution is 2.19. The van der Waals surface area contributed by atoms with Crippen LogP contribution in [0.25, 0.3) is 0 Å². The van der Waals surface area contributed by atoms with Crippen LogP contribution >= 0.6 is 0 Å². The van der Waals surface area contributed by atoms with E-state index in [2.05, 4.69) is 6.92 Å². The molecule has 0 radical (unpaired) electrons. The fraction of sp³-hybridized carbons (Fsp3) is 0.955. The minimum Gasteiger partial charge on any atom is -0.479 e. The largest absolute Gasteiger partial charge is 0.479 e. The first-order chi connectivity index (χ1) is 12.4. The third-order valence-electron chi connectivity index (χ3n) is 5.06. The molecule has 0 saturated heterocycles. The summed E-state index contributed by atoms with van der Waals surface area (Å²) in [7, 11) is 0. The van der Waals surface area contributed by atoms with Gasteiger partial charge in [0, 0.05) is 13.0 Å². The Hall–Kier alpha value is -0.610. The molecular weight excluding hydrogens is 328 g/mol. The Kier molecular flexibility index (Phi) is 16.2. The Labute approximate surface area is 161 Å². The van der Waals surface area contributed by atoms with E-state index < -0.39 is 17.7 Å². The third kappa shape index (κ3) is 14.5. The molecule has 0 aliphatic rings. The number of aliphatic hydroxyl groups excluding tert-OH is 1. The molecule has 0 heterocycles. The van der Waals surface area contributed by atoms with Crippen molar-refractivity contribution in [2.75, 3.05) is 6.61 Å². The highest BCUT2D eigenvalue weighted by molar-refractivity contribution is 5.76. The second-order valence-corrected chi connectivity index (χ2v) is 8.03. The number of carboxylic acid groups (broad SMARTS) is 1. The van der Waals surface area contributed by atoms with Crippen LogP contribution in [0.3, 0.4) is 0 Å². The zero-order valence-electron chi connectivity index (χ0n) is 17.6. The van der Waals surface area contributed by atoms with Gasteiger partial charge in [-0.05, 0) is 20.3 Å². The van der Waals surface area contributed by atoms with Crippen molar-refractivity contribution in [2.24, 2.45) is 0 Å². The van der Waals surface area contributed by atoms with Crippen LogP contribution in [0.2, 0.25) is 0 Å². The topological polar surface area (TPSA) is 66.8 Å². The molecule has 0 fully saturated rings. The zero-order valence-corrected chi connectivity index (χ0v) is 17.6. The lowest BCUT2D eigenvalue weighted by Crippen LogP contribution is -2.41. The normalized spacial score (nSPS) is 14.9. The molecule has 0 aromatic heterocycles. The van der Waals surface area contributed by atoms with Crippen molar-refractivity contribution in [1.29, 1.82) is 0 Å². The summed E-state index contributed by atoms with van der Waals surface area (Å²) in [4.78, 5) is 11.3. The average molecular weight is 373 g/mol. The number of hydrogen-bond donors (Lipinski definition) is 2. The number of ether oxygens (including phenoxy) is 1. The van der Waals surface area contributed by atoms with Gasteiger partial charge in [-0.2, -0.15) is 0 Å². The Morgan fingerprint density at radius 2 is 1.23 bits per heavy atom. The van der Waals surface area contributed by atoms with Crippen LogP contribution in [0.1, 0.15) is 117 Å². The maximum Gasteiger partial charge on any atom is 0.335 e. The molecule has 4 heteroatoms. The number of rotatable bonds is 19. The summed E-state index contributed by atoms with van der Waals surface area (Å²) < 4.78 is 5.55. The van der Waals surface area contributed by atoms with Crippen molar-refractivity contribution in [2.45, 2.75) is 129 Å². The van der Waals surface area contributed by atoms with Crippen LogP contribution < -0.4 is 0 Å². The molecule has 0 saturated carbocycles. The first kappa shape index (κ1) is 25.4. The van der Waals surface area contributed by atoms with Crippen molar-refractivity contribution in [3.05, 3.63) is 0 Å². The van der Waals surface area contributed by atoms with Crippen molar-refractivity contribution in [1.82, 2.24) is 0 Å². The Bertz CT molecular complexity index is 330. The fourth-order valence-electron chi connectivity index (χ4n) is 3.37. The Morgan fingerprint density at radius 3 is 1.58 bits per heavy atom. The molecule has 0 amide bonds. The van der Waals surface area contributed by atoms with Crippen LogP contribution in [0, 0.1) is 0 Å². The number of unbranched alkanes of at least 4 members (excludes halogenated alkanes) is 13. The monoisotopic (exact) mass is 372 g/mol. The van der Waals surface area contributed by atoms with Crippen molar-refractivity contribution in [3.63, 3.8) is 0 Å². The average Bonchev–Trinajstić information content (AvgIpc) is 2.57. The molecule has 26 heavy (non-hydrogen) atoms. The summed E-state index contributed by atoms with van der Waals surface area (Å²) in [5.74, 6) is -0.997. The van der Waals surface area contributed by atoms with E-state index in [1.807, 2.05) is 0 Å². The predicted octanol–water partition coefficient (Wildman–Crippen LogP) is 6.10. The molecule has 0 aromatic carbocycles. The first-order valence-electron chi connectivity index (χ1n) is 11.0. The molecular formula is C22H44O4. The first-order valence-corrected chi connectivity index (χ1v) is 11.0. The fourth-order valence-corrected chi connectivity index (χ4v) is 3.37. The van der Waals surface area contributed by atoms with E-state index >= 15 is 0 Å². The molecule has 2 N–H and O–H groups in total. The summed E-state index contributed by atoms with van der Waals surface area (Å²) in [5.41, 5.74) is -1.27. The number of aliphatic carboxylic acids is 1. The van der Waals surface area contributed by atoms with Crippen LogP contribution in [0.5, 0.6) is 0 Å². The Balaban J connectivity index is 3.41. The van der Waals surface area contributed by atoms with Crippen molar-refractivity contribution >= 4 is 5.97 Å². The van der Waals surface area contributed by atoms with E-state index in [0.29, 0.717) is 6.61 Å². The maximum absolute atomic E-state index is 11.3. The quantitative estimate of drug-likeness (QED) is 0.269. The highest BCUT2D eigenvalue weighted by Gasteiger charge is 2.35. The van der Waals surface area contributed by atoms with E-state index in [-0.39, 0.29) is 6.42 Å². The van der Waals surface area contributed by atoms with Crippen LogP contribution in [-0.2, 0) is 9.53 Å². The standard InChI is InChI=1S/C22H44O4/c1-4-5-6-7-8-9-10-11-12-13-14-15-16-17-18-26-22(3,21(24)25)19-20(2)23/h20,23H,4-19H2,1-3H3,(H,24,25). The van der Waals surface area contributed by atoms with E-state index in [9.17, 15) is 15.0 Å². The van der Waals surface area contributed by atoms with Gasteiger partial charge in [0.1, 0.15) is 0 Å². The lowest BCUT2D eigenvalue weighted by Gasteiger charge is -2.26. The van der Waals surface area contributed by atoms with Gasteiger partial charge in [-0.3, -0.25) is 0 Å². The highest BCUT2D eigenvalue weighted by atomic mass is 16.5. The molecule has 0 aromatic rings. The summed E-state index contributed by atoms with van der Waals surface area (Å²) in [5, 5.41) is 18.7. The minimum atomic E-state index is -1.27. The lowest BCUT2D eigenvalue weighted by atomic mass is 9.99. The molecule has 4 nitrogen and oxygen atoms in total. The number of hydrogen-bond acceptors (Lipinski definition) is 3. The van der Waals surface area contributed by atoms with Crippen molar-refractivity contribution in [3.8, 4) is 0 Å². The smallest absolute Gasteiger partial charge is 0.335 e. The van der Waals surface area contributed by atoms with Crippen molar-refractivity contribution < 1.29 is 19.7 Å². The second kappa shape index (κ2) is 16.6. The van der Waals surface area contributed by atoms with Crippen LogP contribution in [0.15, 0.2) is 0 Å². The molecule has 2 unspecified atom stereocenters. The summed E-state index contributed by atoms with van der Waals surface area (Å²) >= 11 is 0. The summed E-state index contributed by atoms with van der Waals surface area (Å²) in [6.07, 6.45) is 17.6. The van der Waals surface area contributed by atoms with Crippen LogP contribution in [0.4, 0.5) is 0 Å². The van der Waals surface area contributed by atoms with Gasteiger partial charge in [-0.15, -0.1) is 0 Å². The number of carboxylic acids is 1. The van der Waals surface area contributed by atoms with Gasteiger partial charge in [0.05, 0.1) is 6.10 Å². The molecule has 2 atom stereocenters. The maximum atomic E-state index is 11.3. The van der Waals surface area contributed by atoms with Gasteiger partial charge in [0.25, 0.3) is 0 Å². The van der Waals surface area contributed by atoms with Gasteiger partial charge >= 0.3 is 5.97 Å². The molecule has 0 rings (SSSR count). The predicted molar refractivity (Wildman–Crippen MR) is 109 cm³/mol. The van der Waals surface area contributed by atoms with Gasteiger partial charge in [0.2, 0.25) is 0 Å². The number of carbonyl (C=O) groups is 1. The van der Waals surface area contributed by atoms with E-state index in [0.717, 1.165) is 12.8 Å². The zero-order chi connectivity index (χ0) is 19.7. The molecule has 0 aliphatic carbocycles. The van der Waals surface area contributed by atoms with E-state index in [1.165, 1.54) is 77.0 Å². The Morgan fingerprint density at radius 1 is 0.846 bits per heavy atom. The minimum absolute atomic E-state index is 0.126. The molecule has 0 bridgehead atoms. The third-order valence-corrected chi connectivity index (χ3v) is 5.06. The van der Waals surface area contributed by atoms with E-state index in [4.69, 9.17) is 4.74 Å². The molecule has 156 valence electrons. The van der Waals surface area contributed by atoms with Gasteiger partial charge in [-0.25, -0.2) is 4.79 Å². The van der Waals surface area contributed by atoms with E-state index in [1.54, 1.807) is 13.8 Å². The SMILES string of the molecule is CCCCCCCCCCCCCCCCOC(C)(CC(C)O)C(=O)O. The number of aliphatic hydroxyl groups is 1. The van der Waals surface area contributed by atoms with Gasteiger partial charge in [-0.1, -0.05) is 90.4 Å². The molecule has 0 aliphatic heterocycles. The van der Waals surface area contributed by atoms with Gasteiger partial charge in [0.15, 0.2) is 5.60 Å². The molecule has 0 spiro atoms. The van der Waals surface area contributed by atoms with Crippen LogP contribution in [-0.4, -0.2) is 34.5 Å².